The Kier molecular flexibility index (Phi) is 7.00. The van der Waals surface area contributed by atoms with Gasteiger partial charge in [-0.25, -0.2) is 9.97 Å². The van der Waals surface area contributed by atoms with Gasteiger partial charge in [-0.1, -0.05) is 18.2 Å². The molecule has 0 atom stereocenters. The van der Waals surface area contributed by atoms with E-state index in [0.29, 0.717) is 52.0 Å². The first-order valence-corrected chi connectivity index (χ1v) is 13.6. The van der Waals surface area contributed by atoms with Crippen molar-refractivity contribution < 1.29 is 19.1 Å². The van der Waals surface area contributed by atoms with Gasteiger partial charge in [-0.3, -0.25) is 19.9 Å². The summed E-state index contributed by atoms with van der Waals surface area (Å²) >= 11 is 1.28. The molecular formula is C30H24N6O4S. The first-order chi connectivity index (χ1) is 20.0. The van der Waals surface area contributed by atoms with Gasteiger partial charge in [-0.2, -0.15) is 0 Å². The van der Waals surface area contributed by atoms with Crippen LogP contribution in [0.15, 0.2) is 96.0 Å². The van der Waals surface area contributed by atoms with Gasteiger partial charge in [0.1, 0.15) is 5.75 Å². The number of hydrogen-bond acceptors (Lipinski definition) is 8. The van der Waals surface area contributed by atoms with Crippen LogP contribution in [-0.4, -0.2) is 43.5 Å². The third-order valence-corrected chi connectivity index (χ3v) is 7.71. The molecule has 2 amide bonds. The molecule has 4 aromatic heterocycles. The van der Waals surface area contributed by atoms with Crippen LogP contribution in [0.25, 0.3) is 21.7 Å². The summed E-state index contributed by atoms with van der Waals surface area (Å²) in [6, 6.07) is 21.3. The highest BCUT2D eigenvalue weighted by Gasteiger charge is 2.20. The predicted molar refractivity (Wildman–Crippen MR) is 156 cm³/mol. The molecule has 0 saturated heterocycles. The number of imidazole rings is 1. The molecule has 0 aliphatic carbocycles. The third-order valence-electron chi connectivity index (χ3n) is 6.61. The number of aromatic hydroxyl groups is 1. The highest BCUT2D eigenvalue weighted by molar-refractivity contribution is 7.17. The molecule has 41 heavy (non-hydrogen) atoms. The minimum absolute atomic E-state index is 0.101. The van der Waals surface area contributed by atoms with E-state index in [1.54, 1.807) is 60.7 Å². The molecule has 2 aromatic carbocycles. The quantitative estimate of drug-likeness (QED) is 0.246. The summed E-state index contributed by atoms with van der Waals surface area (Å²) in [4.78, 5) is 42.1. The molecule has 0 fully saturated rings. The third kappa shape index (κ3) is 5.30. The maximum atomic E-state index is 13.3. The van der Waals surface area contributed by atoms with E-state index in [9.17, 15) is 14.7 Å². The van der Waals surface area contributed by atoms with Gasteiger partial charge in [-0.05, 0) is 54.6 Å². The number of carbonyl (C=O) groups excluding carboxylic acids is 2. The van der Waals surface area contributed by atoms with Gasteiger partial charge in [0.05, 0.1) is 32.7 Å². The van der Waals surface area contributed by atoms with Crippen LogP contribution in [0.1, 0.15) is 25.7 Å². The molecule has 4 heterocycles. The number of thiophene rings is 1. The molecular weight excluding hydrogens is 540 g/mol. The topological polar surface area (TPSA) is 126 Å². The molecule has 6 rings (SSSR count). The Bertz CT molecular complexity index is 1850. The van der Waals surface area contributed by atoms with E-state index >= 15 is 0 Å². The number of nitrogens with one attached hydrogen (secondary N) is 1. The van der Waals surface area contributed by atoms with Gasteiger partial charge in [0.2, 0.25) is 5.95 Å². The van der Waals surface area contributed by atoms with Crippen molar-refractivity contribution in [2.75, 3.05) is 17.3 Å². The number of aryl methyl sites for hydroxylation is 2. The van der Waals surface area contributed by atoms with Crippen LogP contribution < -0.4 is 10.2 Å². The molecule has 0 aliphatic rings. The second-order valence-electron chi connectivity index (χ2n) is 9.19. The molecule has 10 nitrogen and oxygen atoms in total. The molecule has 0 bridgehead atoms. The van der Waals surface area contributed by atoms with E-state index in [1.807, 2.05) is 41.0 Å². The van der Waals surface area contributed by atoms with E-state index in [0.717, 1.165) is 10.4 Å². The molecule has 0 radical (unpaired) electrons. The Morgan fingerprint density at radius 2 is 1.93 bits per heavy atom. The van der Waals surface area contributed by atoms with Crippen LogP contribution in [0.3, 0.4) is 0 Å². The first kappa shape index (κ1) is 26.0. The van der Waals surface area contributed by atoms with Crippen LogP contribution in [0.4, 0.5) is 11.6 Å². The van der Waals surface area contributed by atoms with Gasteiger partial charge >= 0.3 is 0 Å². The number of benzene rings is 2. The zero-order valence-electron chi connectivity index (χ0n) is 21.9. The largest absolute Gasteiger partial charge is 0.506 e. The summed E-state index contributed by atoms with van der Waals surface area (Å²) in [5, 5.41) is 13.2. The Balaban J connectivity index is 1.32. The Hall–Kier alpha value is -5.29. The van der Waals surface area contributed by atoms with Crippen molar-refractivity contribution in [3.63, 3.8) is 0 Å². The number of aromatic nitrogens is 4. The lowest BCUT2D eigenvalue weighted by Crippen LogP contribution is -2.26. The van der Waals surface area contributed by atoms with Crippen molar-refractivity contribution in [2.24, 2.45) is 0 Å². The monoisotopic (exact) mass is 564 g/mol. The zero-order valence-corrected chi connectivity index (χ0v) is 22.7. The molecule has 11 heteroatoms. The van der Waals surface area contributed by atoms with E-state index < -0.39 is 0 Å². The Labute approximate surface area is 238 Å². The van der Waals surface area contributed by atoms with Crippen LogP contribution in [0.5, 0.6) is 5.75 Å². The molecule has 2 N–H and O–H groups in total. The van der Waals surface area contributed by atoms with Gasteiger partial charge in [-0.15, -0.1) is 11.3 Å². The second kappa shape index (κ2) is 11.1. The Morgan fingerprint density at radius 3 is 2.71 bits per heavy atom. The van der Waals surface area contributed by atoms with Crippen LogP contribution in [0, 0.1) is 0 Å². The fourth-order valence-corrected chi connectivity index (χ4v) is 5.33. The molecule has 6 aromatic rings. The van der Waals surface area contributed by atoms with Crippen molar-refractivity contribution in [3.8, 4) is 16.4 Å². The normalized spacial score (nSPS) is 11.0. The Morgan fingerprint density at radius 1 is 1.07 bits per heavy atom. The number of amides is 2. The number of rotatable bonds is 8. The summed E-state index contributed by atoms with van der Waals surface area (Å²) in [5.41, 5.74) is 3.12. The van der Waals surface area contributed by atoms with Gasteiger partial charge < -0.3 is 19.0 Å². The predicted octanol–water partition coefficient (Wildman–Crippen LogP) is 5.63. The summed E-state index contributed by atoms with van der Waals surface area (Å²) in [6.45, 7) is 0.391. The molecule has 0 unspecified atom stereocenters. The lowest BCUT2D eigenvalue weighted by atomic mass is 10.2. The van der Waals surface area contributed by atoms with E-state index in [1.165, 1.54) is 17.7 Å². The summed E-state index contributed by atoms with van der Waals surface area (Å²) < 4.78 is 7.22. The molecule has 0 aliphatic heterocycles. The van der Waals surface area contributed by atoms with Gasteiger partial charge in [0.25, 0.3) is 11.8 Å². The van der Waals surface area contributed by atoms with Crippen molar-refractivity contribution in [1.29, 1.82) is 0 Å². The standard InChI is InChI=1S/C30H24N6O4S/c1-35(29(39)19-6-3-2-4-7-19)20-9-10-23-22(16-20)33-30(36(23)15-13-21-24(37)8-5-14-32-21)34-28(38)27-12-11-26(41-27)25-17-31-18-40-25/h2-12,14,16-18,37H,13,15H2,1H3,(H,33,34,38). The van der Waals surface area contributed by atoms with E-state index in [-0.39, 0.29) is 17.6 Å². The maximum Gasteiger partial charge on any atom is 0.268 e. The van der Waals surface area contributed by atoms with Crippen molar-refractivity contribution in [1.82, 2.24) is 19.5 Å². The van der Waals surface area contributed by atoms with E-state index in [4.69, 9.17) is 9.40 Å². The number of carbonyl (C=O) groups is 2. The van der Waals surface area contributed by atoms with Crippen molar-refractivity contribution in [3.05, 3.63) is 108 Å². The number of pyridine rings is 1. The maximum absolute atomic E-state index is 13.3. The lowest BCUT2D eigenvalue weighted by molar-refractivity contribution is 0.0991. The zero-order chi connectivity index (χ0) is 28.3. The average molecular weight is 565 g/mol. The van der Waals surface area contributed by atoms with Gasteiger partial charge in [0, 0.05) is 37.5 Å². The fraction of sp³-hybridized carbons (Fsp3) is 0.100. The summed E-state index contributed by atoms with van der Waals surface area (Å²) in [7, 11) is 1.71. The number of hydrogen-bond donors (Lipinski definition) is 2. The minimum atomic E-state index is -0.324. The van der Waals surface area contributed by atoms with Crippen molar-refractivity contribution in [2.45, 2.75) is 13.0 Å². The number of oxazole rings is 1. The SMILES string of the molecule is CN(C(=O)c1ccccc1)c1ccc2c(c1)nc(NC(=O)c1ccc(-c3cnco3)s1)n2CCc1ncccc1O. The second-order valence-corrected chi connectivity index (χ2v) is 10.3. The van der Waals surface area contributed by atoms with E-state index in [2.05, 4.69) is 15.3 Å². The van der Waals surface area contributed by atoms with Crippen LogP contribution in [-0.2, 0) is 13.0 Å². The first-order valence-electron chi connectivity index (χ1n) is 12.7. The van der Waals surface area contributed by atoms with Gasteiger partial charge in [0.15, 0.2) is 12.2 Å². The molecule has 0 spiro atoms. The molecule has 0 saturated carbocycles. The average Bonchev–Trinajstić information content (AvgIpc) is 3.76. The van der Waals surface area contributed by atoms with Crippen molar-refractivity contribution >= 4 is 45.8 Å². The van der Waals surface area contributed by atoms with Crippen LogP contribution in [0.2, 0.25) is 0 Å². The van der Waals surface area contributed by atoms with Crippen LogP contribution >= 0.6 is 11.3 Å². The number of nitrogens with zero attached hydrogens (tertiary/aromatic N) is 5. The fourth-order valence-electron chi connectivity index (χ4n) is 4.47. The highest BCUT2D eigenvalue weighted by Crippen LogP contribution is 2.30. The lowest BCUT2D eigenvalue weighted by Gasteiger charge is -2.17. The number of anilines is 2. The minimum Gasteiger partial charge on any atom is -0.506 e. The smallest absolute Gasteiger partial charge is 0.268 e. The summed E-state index contributed by atoms with van der Waals surface area (Å²) in [5.74, 6) is 0.546. The highest BCUT2D eigenvalue weighted by atomic mass is 32.1. The summed E-state index contributed by atoms with van der Waals surface area (Å²) in [6.07, 6.45) is 4.97. The number of fused-ring (bicyclic) bond motifs is 1. The molecule has 204 valence electrons.